The second-order valence-electron chi connectivity index (χ2n) is 7.84. The van der Waals surface area contributed by atoms with Crippen molar-refractivity contribution in [3.63, 3.8) is 0 Å². The Hall–Kier alpha value is -1.46. The normalized spacial score (nSPS) is 19.8. The number of halogens is 1. The quantitative estimate of drug-likeness (QED) is 0.873. The summed E-state index contributed by atoms with van der Waals surface area (Å²) in [5, 5.41) is 4.02. The first kappa shape index (κ1) is 19.3. The minimum Gasteiger partial charge on any atom is -0.367 e. The number of amides is 2. The molecule has 2 saturated heterocycles. The third-order valence-corrected chi connectivity index (χ3v) is 5.62. The van der Waals surface area contributed by atoms with Crippen LogP contribution < -0.4 is 10.2 Å². The van der Waals surface area contributed by atoms with Gasteiger partial charge >= 0.3 is 6.03 Å². The predicted molar refractivity (Wildman–Crippen MR) is 108 cm³/mol. The van der Waals surface area contributed by atoms with Gasteiger partial charge < -0.3 is 20.0 Å². The molecule has 26 heavy (non-hydrogen) atoms. The van der Waals surface area contributed by atoms with Crippen LogP contribution >= 0.6 is 11.6 Å². The summed E-state index contributed by atoms with van der Waals surface area (Å²) < 4.78 is 0. The van der Waals surface area contributed by atoms with E-state index >= 15 is 0 Å². The molecule has 2 fully saturated rings. The molecule has 0 radical (unpaired) electrons. The zero-order valence-electron chi connectivity index (χ0n) is 16.0. The van der Waals surface area contributed by atoms with Crippen molar-refractivity contribution in [1.29, 1.82) is 0 Å². The van der Waals surface area contributed by atoms with Gasteiger partial charge in [-0.2, -0.15) is 0 Å². The Morgan fingerprint density at radius 3 is 2.38 bits per heavy atom. The lowest BCUT2D eigenvalue weighted by molar-refractivity contribution is 0.162. The molecule has 0 spiro atoms. The first-order valence-electron chi connectivity index (χ1n) is 9.80. The van der Waals surface area contributed by atoms with E-state index in [0.29, 0.717) is 12.0 Å². The zero-order valence-corrected chi connectivity index (χ0v) is 16.7. The maximum atomic E-state index is 12.6. The number of anilines is 1. The van der Waals surface area contributed by atoms with Crippen LogP contribution in [0.25, 0.3) is 0 Å². The zero-order chi connectivity index (χ0) is 18.5. The van der Waals surface area contributed by atoms with Crippen molar-refractivity contribution in [2.45, 2.75) is 32.7 Å². The van der Waals surface area contributed by atoms with Crippen LogP contribution in [0.4, 0.5) is 10.5 Å². The Bertz CT molecular complexity index is 593. The molecule has 1 N–H and O–H groups in total. The molecule has 6 heteroatoms. The van der Waals surface area contributed by atoms with Crippen molar-refractivity contribution in [3.8, 4) is 0 Å². The summed E-state index contributed by atoms with van der Waals surface area (Å²) in [5.74, 6) is 0.704. The summed E-state index contributed by atoms with van der Waals surface area (Å²) in [4.78, 5) is 19.3. The standard InChI is InChI=1S/C20H31ClN4O/c1-16(2)15-23-9-7-17(8-10-23)22-20(26)25-13-11-24(12-14-25)19-6-4-3-5-18(19)21/h3-6,16-17H,7-15H2,1-2H3,(H,22,26). The molecule has 2 aliphatic rings. The smallest absolute Gasteiger partial charge is 0.317 e. The second-order valence-corrected chi connectivity index (χ2v) is 8.25. The highest BCUT2D eigenvalue weighted by atomic mass is 35.5. The first-order valence-corrected chi connectivity index (χ1v) is 10.2. The van der Waals surface area contributed by atoms with Crippen LogP contribution in [-0.2, 0) is 0 Å². The molecule has 0 aliphatic carbocycles. The number of nitrogens with one attached hydrogen (secondary N) is 1. The number of hydrogen-bond acceptors (Lipinski definition) is 3. The third-order valence-electron chi connectivity index (χ3n) is 5.30. The number of piperazine rings is 1. The van der Waals surface area contributed by atoms with Gasteiger partial charge in [0.1, 0.15) is 0 Å². The maximum absolute atomic E-state index is 12.6. The average Bonchev–Trinajstić information content (AvgIpc) is 2.63. The maximum Gasteiger partial charge on any atom is 0.317 e. The molecule has 0 aromatic heterocycles. The van der Waals surface area contributed by atoms with Crippen LogP contribution in [0.15, 0.2) is 24.3 Å². The van der Waals surface area contributed by atoms with Gasteiger partial charge in [-0.3, -0.25) is 0 Å². The van der Waals surface area contributed by atoms with E-state index in [4.69, 9.17) is 11.6 Å². The van der Waals surface area contributed by atoms with Gasteiger partial charge in [0.15, 0.2) is 0 Å². The number of urea groups is 1. The fraction of sp³-hybridized carbons (Fsp3) is 0.650. The molecule has 5 nitrogen and oxygen atoms in total. The average molecular weight is 379 g/mol. The molecule has 144 valence electrons. The van der Waals surface area contributed by atoms with E-state index in [9.17, 15) is 4.79 Å². The molecular weight excluding hydrogens is 348 g/mol. The molecule has 2 heterocycles. The van der Waals surface area contributed by atoms with Gasteiger partial charge in [0.25, 0.3) is 0 Å². The summed E-state index contributed by atoms with van der Waals surface area (Å²) in [6.07, 6.45) is 2.11. The summed E-state index contributed by atoms with van der Waals surface area (Å²) >= 11 is 6.29. The van der Waals surface area contributed by atoms with Crippen molar-refractivity contribution in [2.24, 2.45) is 5.92 Å². The molecular formula is C20H31ClN4O. The molecule has 0 atom stereocenters. The fourth-order valence-corrected chi connectivity index (χ4v) is 4.16. The van der Waals surface area contributed by atoms with E-state index in [0.717, 1.165) is 69.4 Å². The summed E-state index contributed by atoms with van der Waals surface area (Å²) in [6, 6.07) is 8.32. The number of piperidine rings is 1. The van der Waals surface area contributed by atoms with E-state index in [2.05, 4.69) is 29.0 Å². The number of nitrogens with zero attached hydrogens (tertiary/aromatic N) is 3. The van der Waals surface area contributed by atoms with E-state index in [1.54, 1.807) is 0 Å². The first-order chi connectivity index (χ1) is 12.5. The second kappa shape index (κ2) is 8.96. The molecule has 1 aromatic rings. The fourth-order valence-electron chi connectivity index (χ4n) is 3.90. The number of para-hydroxylation sites is 1. The van der Waals surface area contributed by atoms with E-state index in [1.807, 2.05) is 29.2 Å². The number of rotatable bonds is 4. The largest absolute Gasteiger partial charge is 0.367 e. The van der Waals surface area contributed by atoms with Crippen molar-refractivity contribution < 1.29 is 4.79 Å². The molecule has 2 amide bonds. The van der Waals surface area contributed by atoms with Crippen LogP contribution in [0.2, 0.25) is 5.02 Å². The number of likely N-dealkylation sites (tertiary alicyclic amines) is 1. The Kier molecular flexibility index (Phi) is 6.65. The minimum atomic E-state index is 0.0890. The summed E-state index contributed by atoms with van der Waals surface area (Å²) in [7, 11) is 0. The number of benzene rings is 1. The Labute approximate surface area is 162 Å². The molecule has 1 aromatic carbocycles. The lowest BCUT2D eigenvalue weighted by Crippen LogP contribution is -2.55. The van der Waals surface area contributed by atoms with Gasteiger partial charge in [0.2, 0.25) is 0 Å². The van der Waals surface area contributed by atoms with E-state index in [1.165, 1.54) is 0 Å². The monoisotopic (exact) mass is 378 g/mol. The molecule has 0 saturated carbocycles. The van der Waals surface area contributed by atoms with Gasteiger partial charge in [-0.05, 0) is 30.9 Å². The number of carbonyl (C=O) groups is 1. The molecule has 0 bridgehead atoms. The highest BCUT2D eigenvalue weighted by Crippen LogP contribution is 2.26. The highest BCUT2D eigenvalue weighted by molar-refractivity contribution is 6.33. The van der Waals surface area contributed by atoms with Crippen molar-refractivity contribution in [3.05, 3.63) is 29.3 Å². The molecule has 2 aliphatic heterocycles. The van der Waals surface area contributed by atoms with Gasteiger partial charge in [-0.25, -0.2) is 4.79 Å². The Morgan fingerprint density at radius 2 is 1.77 bits per heavy atom. The van der Waals surface area contributed by atoms with Crippen LogP contribution in [-0.4, -0.2) is 67.7 Å². The highest BCUT2D eigenvalue weighted by Gasteiger charge is 2.26. The van der Waals surface area contributed by atoms with Gasteiger partial charge in [-0.1, -0.05) is 37.6 Å². The number of hydrogen-bond donors (Lipinski definition) is 1. The van der Waals surface area contributed by atoms with E-state index < -0.39 is 0 Å². The van der Waals surface area contributed by atoms with Crippen molar-refractivity contribution >= 4 is 23.3 Å². The third kappa shape index (κ3) is 5.04. The minimum absolute atomic E-state index is 0.0890. The van der Waals surface area contributed by atoms with Gasteiger partial charge in [0, 0.05) is 51.9 Å². The van der Waals surface area contributed by atoms with Crippen LogP contribution in [0.5, 0.6) is 0 Å². The lowest BCUT2D eigenvalue weighted by Gasteiger charge is -2.38. The summed E-state index contributed by atoms with van der Waals surface area (Å²) in [6.45, 7) is 11.0. The summed E-state index contributed by atoms with van der Waals surface area (Å²) in [5.41, 5.74) is 1.06. The lowest BCUT2D eigenvalue weighted by atomic mass is 10.0. The SMILES string of the molecule is CC(C)CN1CCC(NC(=O)N2CCN(c3ccccc3Cl)CC2)CC1. The topological polar surface area (TPSA) is 38.8 Å². The van der Waals surface area contributed by atoms with Crippen molar-refractivity contribution in [2.75, 3.05) is 50.7 Å². The molecule has 3 rings (SSSR count). The molecule has 0 unspecified atom stereocenters. The van der Waals surface area contributed by atoms with E-state index in [-0.39, 0.29) is 6.03 Å². The van der Waals surface area contributed by atoms with Crippen LogP contribution in [0.1, 0.15) is 26.7 Å². The Balaban J connectivity index is 1.42. The van der Waals surface area contributed by atoms with Gasteiger partial charge in [0.05, 0.1) is 10.7 Å². The van der Waals surface area contributed by atoms with Crippen LogP contribution in [0.3, 0.4) is 0 Å². The predicted octanol–water partition coefficient (Wildman–Crippen LogP) is 3.29. The number of carbonyl (C=O) groups excluding carboxylic acids is 1. The van der Waals surface area contributed by atoms with Crippen LogP contribution in [0, 0.1) is 5.92 Å². The van der Waals surface area contributed by atoms with Crippen molar-refractivity contribution in [1.82, 2.24) is 15.1 Å². The Morgan fingerprint density at radius 1 is 1.12 bits per heavy atom. The van der Waals surface area contributed by atoms with Gasteiger partial charge in [-0.15, -0.1) is 0 Å².